The molecule has 0 unspecified atom stereocenters. The van der Waals surface area contributed by atoms with Crippen molar-refractivity contribution in [3.05, 3.63) is 101 Å². The first kappa shape index (κ1) is 21.5. The van der Waals surface area contributed by atoms with Crippen molar-refractivity contribution in [2.45, 2.75) is 6.92 Å². The highest BCUT2D eigenvalue weighted by Gasteiger charge is 2.17. The van der Waals surface area contributed by atoms with E-state index in [2.05, 4.69) is 31.6 Å². The molecule has 7 heteroatoms. The lowest BCUT2D eigenvalue weighted by atomic mass is 10.1. The first-order valence-electron chi connectivity index (χ1n) is 9.95. The number of hydrogen-bond donors (Lipinski definition) is 1. The molecule has 1 heterocycles. The zero-order valence-electron chi connectivity index (χ0n) is 17.6. The number of rotatable bonds is 6. The fourth-order valence-electron chi connectivity index (χ4n) is 3.16. The van der Waals surface area contributed by atoms with Crippen LogP contribution in [0.2, 0.25) is 0 Å². The zero-order valence-corrected chi connectivity index (χ0v) is 19.2. The van der Waals surface area contributed by atoms with Crippen LogP contribution in [0.1, 0.15) is 23.0 Å². The van der Waals surface area contributed by atoms with Crippen LogP contribution in [0.5, 0.6) is 5.75 Å². The molecule has 6 nitrogen and oxygen atoms in total. The standard InChI is InChI=1S/C25H21BrN4O2/c1-17(18-8-12-20(26)13-9-18)27-28-25(31)24-16-23(19-10-14-22(32-2)15-11-19)29-30(24)21-6-4-3-5-7-21/h3-16H,1-2H3,(H,28,31)/b27-17-. The number of aromatic nitrogens is 2. The number of hydrogen-bond acceptors (Lipinski definition) is 4. The van der Waals surface area contributed by atoms with Crippen molar-refractivity contribution < 1.29 is 9.53 Å². The summed E-state index contributed by atoms with van der Waals surface area (Å²) in [5.74, 6) is 0.407. The van der Waals surface area contributed by atoms with E-state index in [4.69, 9.17) is 4.74 Å². The topological polar surface area (TPSA) is 68.5 Å². The third-order valence-corrected chi connectivity index (χ3v) is 5.44. The molecule has 0 bridgehead atoms. The van der Waals surface area contributed by atoms with Crippen LogP contribution < -0.4 is 10.2 Å². The molecule has 0 aliphatic rings. The molecule has 32 heavy (non-hydrogen) atoms. The Balaban J connectivity index is 1.66. The summed E-state index contributed by atoms with van der Waals surface area (Å²) in [4.78, 5) is 13.1. The SMILES string of the molecule is COc1ccc(-c2cc(C(=O)N/N=C(/C)c3ccc(Br)cc3)n(-c3ccccc3)n2)cc1. The second kappa shape index (κ2) is 9.62. The van der Waals surface area contributed by atoms with Crippen LogP contribution in [0.15, 0.2) is 94.5 Å². The minimum absolute atomic E-state index is 0.349. The lowest BCUT2D eigenvalue weighted by molar-refractivity contribution is 0.0947. The predicted molar refractivity (Wildman–Crippen MR) is 129 cm³/mol. The Labute approximate surface area is 194 Å². The number of nitrogens with one attached hydrogen (secondary N) is 1. The van der Waals surface area contributed by atoms with Crippen LogP contribution in [0.3, 0.4) is 0 Å². The van der Waals surface area contributed by atoms with Gasteiger partial charge in [-0.05, 0) is 67.1 Å². The van der Waals surface area contributed by atoms with E-state index in [1.54, 1.807) is 17.9 Å². The van der Waals surface area contributed by atoms with Gasteiger partial charge < -0.3 is 4.74 Å². The van der Waals surface area contributed by atoms with Crippen LogP contribution in [0.4, 0.5) is 0 Å². The Morgan fingerprint density at radius 3 is 2.34 bits per heavy atom. The summed E-state index contributed by atoms with van der Waals surface area (Å²) in [5, 5.41) is 8.97. The molecular formula is C25H21BrN4O2. The number of carbonyl (C=O) groups is 1. The molecule has 3 aromatic carbocycles. The Kier molecular flexibility index (Phi) is 6.47. The van der Waals surface area contributed by atoms with Gasteiger partial charge in [0.2, 0.25) is 0 Å². The predicted octanol–water partition coefficient (Wildman–Crippen LogP) is 5.46. The quantitative estimate of drug-likeness (QED) is 0.289. The second-order valence-electron chi connectivity index (χ2n) is 7.04. The number of amides is 1. The number of carbonyl (C=O) groups excluding carboxylic acids is 1. The van der Waals surface area contributed by atoms with Crippen molar-refractivity contribution in [1.82, 2.24) is 15.2 Å². The van der Waals surface area contributed by atoms with Crippen molar-refractivity contribution in [1.29, 1.82) is 0 Å². The lowest BCUT2D eigenvalue weighted by Gasteiger charge is -2.07. The van der Waals surface area contributed by atoms with Crippen LogP contribution in [0.25, 0.3) is 16.9 Å². The maximum Gasteiger partial charge on any atom is 0.290 e. The largest absolute Gasteiger partial charge is 0.497 e. The van der Waals surface area contributed by atoms with E-state index >= 15 is 0 Å². The fraction of sp³-hybridized carbons (Fsp3) is 0.0800. The molecule has 0 radical (unpaired) electrons. The van der Waals surface area contributed by atoms with Gasteiger partial charge in [-0.1, -0.05) is 46.3 Å². The van der Waals surface area contributed by atoms with Gasteiger partial charge >= 0.3 is 0 Å². The summed E-state index contributed by atoms with van der Waals surface area (Å²) in [5.41, 5.74) is 7.00. The van der Waals surface area contributed by atoms with Crippen molar-refractivity contribution in [2.24, 2.45) is 5.10 Å². The zero-order chi connectivity index (χ0) is 22.5. The fourth-order valence-corrected chi connectivity index (χ4v) is 3.42. The summed E-state index contributed by atoms with van der Waals surface area (Å²) in [6.45, 7) is 1.85. The van der Waals surface area contributed by atoms with E-state index in [0.29, 0.717) is 17.1 Å². The first-order chi connectivity index (χ1) is 15.5. The molecule has 1 amide bonds. The minimum Gasteiger partial charge on any atom is -0.497 e. The molecule has 0 aliphatic carbocycles. The third-order valence-electron chi connectivity index (χ3n) is 4.92. The van der Waals surface area contributed by atoms with Gasteiger partial charge in [0.25, 0.3) is 5.91 Å². The van der Waals surface area contributed by atoms with Gasteiger partial charge in [-0.25, -0.2) is 10.1 Å². The molecule has 0 fully saturated rings. The van der Waals surface area contributed by atoms with Crippen molar-refractivity contribution >= 4 is 27.5 Å². The maximum absolute atomic E-state index is 13.1. The lowest BCUT2D eigenvalue weighted by Crippen LogP contribution is -2.22. The number of nitrogens with zero attached hydrogens (tertiary/aromatic N) is 3. The van der Waals surface area contributed by atoms with E-state index in [-0.39, 0.29) is 5.91 Å². The normalized spacial score (nSPS) is 11.3. The van der Waals surface area contributed by atoms with Gasteiger partial charge in [0.05, 0.1) is 24.2 Å². The first-order valence-corrected chi connectivity index (χ1v) is 10.7. The number of hydrazone groups is 1. The molecule has 4 rings (SSSR count). The Hall–Kier alpha value is -3.71. The molecule has 1 N–H and O–H groups in total. The second-order valence-corrected chi connectivity index (χ2v) is 7.95. The number of ether oxygens (including phenoxy) is 1. The summed E-state index contributed by atoms with van der Waals surface area (Å²) >= 11 is 3.42. The number of benzene rings is 3. The summed E-state index contributed by atoms with van der Waals surface area (Å²) in [6, 6.07) is 26.6. The highest BCUT2D eigenvalue weighted by Crippen LogP contribution is 2.24. The van der Waals surface area contributed by atoms with Gasteiger partial charge in [0.1, 0.15) is 11.4 Å². The maximum atomic E-state index is 13.1. The minimum atomic E-state index is -0.349. The summed E-state index contributed by atoms with van der Waals surface area (Å²) in [6.07, 6.45) is 0. The van der Waals surface area contributed by atoms with E-state index in [1.807, 2.05) is 85.8 Å². The summed E-state index contributed by atoms with van der Waals surface area (Å²) in [7, 11) is 1.62. The van der Waals surface area contributed by atoms with E-state index < -0.39 is 0 Å². The Morgan fingerprint density at radius 1 is 1.00 bits per heavy atom. The van der Waals surface area contributed by atoms with Crippen molar-refractivity contribution in [3.8, 4) is 22.7 Å². The monoisotopic (exact) mass is 488 g/mol. The molecular weight excluding hydrogens is 468 g/mol. The molecule has 160 valence electrons. The van der Waals surface area contributed by atoms with Gasteiger partial charge in [-0.2, -0.15) is 10.2 Å². The Bertz CT molecular complexity index is 1250. The van der Waals surface area contributed by atoms with Gasteiger partial charge in [0.15, 0.2) is 0 Å². The van der Waals surface area contributed by atoms with Crippen molar-refractivity contribution in [3.63, 3.8) is 0 Å². The molecule has 0 spiro atoms. The average Bonchev–Trinajstić information content (AvgIpc) is 3.29. The van der Waals surface area contributed by atoms with E-state index in [9.17, 15) is 4.79 Å². The van der Waals surface area contributed by atoms with Gasteiger partial charge in [0, 0.05) is 10.0 Å². The van der Waals surface area contributed by atoms with Crippen molar-refractivity contribution in [2.75, 3.05) is 7.11 Å². The molecule has 0 atom stereocenters. The number of para-hydroxylation sites is 1. The summed E-state index contributed by atoms with van der Waals surface area (Å²) < 4.78 is 7.84. The Morgan fingerprint density at radius 2 is 1.69 bits per heavy atom. The van der Waals surface area contributed by atoms with E-state index in [0.717, 1.165) is 27.0 Å². The molecule has 1 aromatic heterocycles. The number of methoxy groups -OCH3 is 1. The van der Waals surface area contributed by atoms with Crippen LogP contribution in [0, 0.1) is 0 Å². The number of halogens is 1. The smallest absolute Gasteiger partial charge is 0.290 e. The van der Waals surface area contributed by atoms with Gasteiger partial charge in [-0.15, -0.1) is 0 Å². The average molecular weight is 489 g/mol. The molecule has 0 saturated heterocycles. The van der Waals surface area contributed by atoms with E-state index in [1.165, 1.54) is 0 Å². The highest BCUT2D eigenvalue weighted by molar-refractivity contribution is 9.10. The molecule has 4 aromatic rings. The highest BCUT2D eigenvalue weighted by atomic mass is 79.9. The third kappa shape index (κ3) is 4.78. The molecule has 0 saturated carbocycles. The van der Waals surface area contributed by atoms with Crippen LogP contribution in [-0.2, 0) is 0 Å². The van der Waals surface area contributed by atoms with Gasteiger partial charge in [-0.3, -0.25) is 4.79 Å². The van der Waals surface area contributed by atoms with Crippen LogP contribution >= 0.6 is 15.9 Å². The van der Waals surface area contributed by atoms with Crippen LogP contribution in [-0.4, -0.2) is 28.5 Å². The molecule has 0 aliphatic heterocycles.